The largest absolute Gasteiger partial charge is 0.407 e. The molecule has 41 heavy (non-hydrogen) atoms. The van der Waals surface area contributed by atoms with Gasteiger partial charge in [-0.1, -0.05) is 54.6 Å². The lowest BCUT2D eigenvalue weighted by Crippen LogP contribution is -1.88. The Balaban J connectivity index is 1.36. The summed E-state index contributed by atoms with van der Waals surface area (Å²) in [6, 6.07) is 26.2. The number of benzene rings is 3. The molecule has 4 aromatic rings. The molecular formula is C39H15NO. The Kier molecular flexibility index (Phi) is 10.0. The lowest BCUT2D eigenvalue weighted by Gasteiger charge is -2.09. The van der Waals surface area contributed by atoms with Gasteiger partial charge in [0.15, 0.2) is 0 Å². The van der Waals surface area contributed by atoms with Crippen LogP contribution < -0.4 is 4.74 Å². The standard InChI is InChI=1S/C39H15NO/c1-2-3-4-5-6-7-8-9-10-11-12-13-14-15-16-19-30-41-37-26-21-24-35(32-37)34-23-20-25-36(31-34)39-38-27-18-17-22-33(38)28-29-40-39/h1,17-18,20-29,31-32H. The van der Waals surface area contributed by atoms with Gasteiger partial charge in [0.2, 0.25) is 0 Å². The van der Waals surface area contributed by atoms with E-state index in [-0.39, 0.29) is 0 Å². The summed E-state index contributed by atoms with van der Waals surface area (Å²) in [6.07, 6.45) is 9.38. The van der Waals surface area contributed by atoms with Crippen LogP contribution in [0, 0.1) is 107 Å². The van der Waals surface area contributed by atoms with Crippen LogP contribution in [-0.4, -0.2) is 4.98 Å². The fraction of sp³-hybridized carbons (Fsp3) is 0. The first-order valence-electron chi connectivity index (χ1n) is 12.0. The number of fused-ring (bicyclic) bond motifs is 1. The summed E-state index contributed by atoms with van der Waals surface area (Å²) < 4.78 is 5.55. The van der Waals surface area contributed by atoms with Gasteiger partial charge in [-0.2, -0.15) is 0 Å². The fourth-order valence-corrected chi connectivity index (χ4v) is 3.49. The van der Waals surface area contributed by atoms with Crippen molar-refractivity contribution in [2.24, 2.45) is 0 Å². The molecule has 3 aromatic carbocycles. The maximum Gasteiger partial charge on any atom is 0.140 e. The average molecular weight is 514 g/mol. The van der Waals surface area contributed by atoms with Crippen LogP contribution in [-0.2, 0) is 0 Å². The van der Waals surface area contributed by atoms with E-state index in [2.05, 4.69) is 136 Å². The van der Waals surface area contributed by atoms with Crippen molar-refractivity contribution < 1.29 is 4.74 Å². The van der Waals surface area contributed by atoms with Crippen molar-refractivity contribution >= 4 is 10.8 Å². The SMILES string of the molecule is C#CC#CC#CC#CC#CC#CC#CC#CC#COc1cccc(-c2cccc(-c3nccc4ccccc34)c2)c1. The number of pyridine rings is 1. The lowest BCUT2D eigenvalue weighted by atomic mass is 9.99. The minimum Gasteiger partial charge on any atom is -0.407 e. The number of hydrogen-bond acceptors (Lipinski definition) is 2. The molecule has 0 saturated heterocycles. The minimum absolute atomic E-state index is 0.607. The molecule has 0 aliphatic rings. The number of terminal acetylenes is 1. The van der Waals surface area contributed by atoms with Gasteiger partial charge in [-0.25, -0.2) is 0 Å². The van der Waals surface area contributed by atoms with E-state index in [1.54, 1.807) is 0 Å². The number of hydrogen-bond donors (Lipinski definition) is 0. The summed E-state index contributed by atoms with van der Waals surface area (Å²) in [6.45, 7) is 0. The Morgan fingerprint density at radius 3 is 1.76 bits per heavy atom. The van der Waals surface area contributed by atoms with Gasteiger partial charge in [0.05, 0.1) is 5.69 Å². The summed E-state index contributed by atoms with van der Waals surface area (Å²) in [5.41, 5.74) is 4.03. The summed E-state index contributed by atoms with van der Waals surface area (Å²) in [5, 5.41) is 2.27. The van der Waals surface area contributed by atoms with Crippen LogP contribution in [0.15, 0.2) is 85.1 Å². The minimum atomic E-state index is 0.607. The molecule has 0 unspecified atom stereocenters. The van der Waals surface area contributed by atoms with E-state index in [1.165, 1.54) is 0 Å². The zero-order chi connectivity index (χ0) is 28.4. The molecule has 0 radical (unpaired) electrons. The van der Waals surface area contributed by atoms with Crippen molar-refractivity contribution in [2.75, 3.05) is 0 Å². The second-order valence-corrected chi connectivity index (χ2v) is 7.71. The predicted molar refractivity (Wildman–Crippen MR) is 164 cm³/mol. The lowest BCUT2D eigenvalue weighted by molar-refractivity contribution is 0.520. The van der Waals surface area contributed by atoms with Crippen molar-refractivity contribution in [1.82, 2.24) is 4.98 Å². The second kappa shape index (κ2) is 15.2. The van der Waals surface area contributed by atoms with Crippen LogP contribution in [0.3, 0.4) is 0 Å². The topological polar surface area (TPSA) is 22.1 Å². The van der Waals surface area contributed by atoms with E-state index < -0.39 is 0 Å². The highest BCUT2D eigenvalue weighted by atomic mass is 16.5. The van der Waals surface area contributed by atoms with E-state index in [1.807, 2.05) is 54.7 Å². The monoisotopic (exact) mass is 513 g/mol. The highest BCUT2D eigenvalue weighted by molar-refractivity contribution is 5.95. The van der Waals surface area contributed by atoms with Crippen molar-refractivity contribution in [3.8, 4) is 135 Å². The average Bonchev–Trinajstić information content (AvgIpc) is 3.02. The van der Waals surface area contributed by atoms with E-state index in [0.717, 1.165) is 33.2 Å². The van der Waals surface area contributed by atoms with Crippen LogP contribution in [0.25, 0.3) is 33.2 Å². The maximum atomic E-state index is 5.55. The Bertz CT molecular complexity index is 2180. The zero-order valence-corrected chi connectivity index (χ0v) is 21.5. The molecule has 2 heteroatoms. The smallest absolute Gasteiger partial charge is 0.140 e. The molecule has 1 heterocycles. The second-order valence-electron chi connectivity index (χ2n) is 7.71. The number of ether oxygens (including phenoxy) is 1. The Morgan fingerprint density at radius 2 is 1.07 bits per heavy atom. The van der Waals surface area contributed by atoms with Gasteiger partial charge in [0, 0.05) is 64.5 Å². The molecule has 0 bridgehead atoms. The van der Waals surface area contributed by atoms with Gasteiger partial charge >= 0.3 is 0 Å². The van der Waals surface area contributed by atoms with Gasteiger partial charge in [-0.15, -0.1) is 6.42 Å². The molecular weight excluding hydrogens is 498 g/mol. The van der Waals surface area contributed by atoms with E-state index >= 15 is 0 Å². The van der Waals surface area contributed by atoms with Crippen LogP contribution in [0.2, 0.25) is 0 Å². The Labute approximate surface area is 240 Å². The molecule has 0 atom stereocenters. The van der Waals surface area contributed by atoms with E-state index in [4.69, 9.17) is 11.2 Å². The van der Waals surface area contributed by atoms with Crippen molar-refractivity contribution in [1.29, 1.82) is 0 Å². The zero-order valence-electron chi connectivity index (χ0n) is 21.5. The third-order valence-corrected chi connectivity index (χ3v) is 5.14. The summed E-state index contributed by atoms with van der Waals surface area (Å²) >= 11 is 0. The van der Waals surface area contributed by atoms with Gasteiger partial charge in [-0.05, 0) is 88.1 Å². The number of aromatic nitrogens is 1. The number of rotatable bonds is 3. The normalized spacial score (nSPS) is 7.88. The van der Waals surface area contributed by atoms with Crippen LogP contribution in [0.4, 0.5) is 0 Å². The molecule has 0 aliphatic heterocycles. The summed E-state index contributed by atoms with van der Waals surface area (Å²) in [7, 11) is 0. The molecule has 0 N–H and O–H groups in total. The maximum absolute atomic E-state index is 5.55. The van der Waals surface area contributed by atoms with Crippen molar-refractivity contribution in [3.63, 3.8) is 0 Å². The number of nitrogens with zero attached hydrogens (tertiary/aromatic N) is 1. The molecule has 0 spiro atoms. The van der Waals surface area contributed by atoms with Crippen LogP contribution in [0.5, 0.6) is 5.75 Å². The molecule has 2 nitrogen and oxygen atoms in total. The molecule has 4 rings (SSSR count). The van der Waals surface area contributed by atoms with Gasteiger partial charge < -0.3 is 4.74 Å². The fourth-order valence-electron chi connectivity index (χ4n) is 3.49. The van der Waals surface area contributed by atoms with Crippen molar-refractivity contribution in [3.05, 3.63) is 85.1 Å². The van der Waals surface area contributed by atoms with Crippen molar-refractivity contribution in [2.45, 2.75) is 0 Å². The molecule has 182 valence electrons. The van der Waals surface area contributed by atoms with E-state index in [9.17, 15) is 0 Å². The predicted octanol–water partition coefficient (Wildman–Crippen LogP) is 5.57. The van der Waals surface area contributed by atoms with E-state index in [0.29, 0.717) is 5.75 Å². The van der Waals surface area contributed by atoms with Crippen LogP contribution in [0.1, 0.15) is 0 Å². The summed E-state index contributed by atoms with van der Waals surface area (Å²) in [4.78, 5) is 4.64. The molecule has 0 amide bonds. The highest BCUT2D eigenvalue weighted by Crippen LogP contribution is 2.31. The molecule has 0 saturated carbocycles. The first kappa shape index (κ1) is 27.0. The third kappa shape index (κ3) is 8.48. The quantitative estimate of drug-likeness (QED) is 0.335. The first-order chi connectivity index (χ1) is 20.3. The first-order valence-corrected chi connectivity index (χ1v) is 12.0. The highest BCUT2D eigenvalue weighted by Gasteiger charge is 2.07. The Hall–Kier alpha value is -7.09. The van der Waals surface area contributed by atoms with Gasteiger partial charge in [0.25, 0.3) is 0 Å². The molecule has 0 aliphatic carbocycles. The van der Waals surface area contributed by atoms with Gasteiger partial charge in [-0.3, -0.25) is 4.98 Å². The van der Waals surface area contributed by atoms with Crippen LogP contribution >= 0.6 is 0 Å². The molecule has 0 fully saturated rings. The Morgan fingerprint density at radius 1 is 0.512 bits per heavy atom. The summed E-state index contributed by atoms with van der Waals surface area (Å²) in [5.74, 6) is 40.6. The van der Waals surface area contributed by atoms with Gasteiger partial charge in [0.1, 0.15) is 11.9 Å². The molecule has 1 aromatic heterocycles. The third-order valence-electron chi connectivity index (χ3n) is 5.14.